The van der Waals surface area contributed by atoms with E-state index < -0.39 is 56.9 Å². The standard InChI is InChI=1S/C35H35ClF3N3O4S/c1-3-25(2)40-34(44)32(21-26-13-7-4-8-14-26)41(23-27-15-9-5-10-16-27)33(43)24-42(47(45,46)29-17-11-6-12-18-29)28-19-20-31(36)30(22-28)35(37,38)39/h4-20,22,25,32H,3,21,23-24H2,1-2H3,(H,40,44)/t25-,32-/m0/s1. The van der Waals surface area contributed by atoms with E-state index in [2.05, 4.69) is 5.32 Å². The number of amides is 2. The largest absolute Gasteiger partial charge is 0.417 e. The molecule has 2 amide bonds. The summed E-state index contributed by atoms with van der Waals surface area (Å²) >= 11 is 5.86. The number of halogens is 4. The summed E-state index contributed by atoms with van der Waals surface area (Å²) in [5.74, 6) is -1.24. The maximum atomic E-state index is 14.4. The molecule has 0 heterocycles. The predicted molar refractivity (Wildman–Crippen MR) is 176 cm³/mol. The quantitative estimate of drug-likeness (QED) is 0.163. The van der Waals surface area contributed by atoms with Gasteiger partial charge in [-0.05, 0) is 54.8 Å². The van der Waals surface area contributed by atoms with E-state index in [0.29, 0.717) is 22.4 Å². The monoisotopic (exact) mass is 685 g/mol. The molecule has 2 atom stereocenters. The Labute approximate surface area is 278 Å². The molecule has 0 radical (unpaired) electrons. The molecular weight excluding hydrogens is 651 g/mol. The van der Waals surface area contributed by atoms with E-state index in [1.807, 2.05) is 32.0 Å². The fourth-order valence-corrected chi connectivity index (χ4v) is 6.56. The molecule has 7 nitrogen and oxygen atoms in total. The fourth-order valence-electron chi connectivity index (χ4n) is 4.91. The highest BCUT2D eigenvalue weighted by Crippen LogP contribution is 2.38. The molecule has 0 aromatic heterocycles. The van der Waals surface area contributed by atoms with Crippen molar-refractivity contribution in [3.05, 3.63) is 131 Å². The van der Waals surface area contributed by atoms with E-state index in [0.717, 1.165) is 17.7 Å². The molecule has 248 valence electrons. The molecule has 0 saturated carbocycles. The summed E-state index contributed by atoms with van der Waals surface area (Å²) in [6.45, 7) is 2.76. The molecule has 0 bridgehead atoms. The van der Waals surface area contributed by atoms with E-state index in [4.69, 9.17) is 11.6 Å². The lowest BCUT2D eigenvalue weighted by Gasteiger charge is -2.34. The number of rotatable bonds is 13. The van der Waals surface area contributed by atoms with E-state index in [-0.39, 0.29) is 23.9 Å². The van der Waals surface area contributed by atoms with Crippen LogP contribution in [0.25, 0.3) is 0 Å². The number of hydrogen-bond acceptors (Lipinski definition) is 4. The lowest BCUT2D eigenvalue weighted by Crippen LogP contribution is -2.54. The van der Waals surface area contributed by atoms with Crippen molar-refractivity contribution < 1.29 is 31.2 Å². The van der Waals surface area contributed by atoms with Gasteiger partial charge in [-0.25, -0.2) is 8.42 Å². The van der Waals surface area contributed by atoms with Gasteiger partial charge in [-0.15, -0.1) is 0 Å². The average Bonchev–Trinajstić information content (AvgIpc) is 3.06. The maximum Gasteiger partial charge on any atom is 0.417 e. The van der Waals surface area contributed by atoms with Crippen molar-refractivity contribution in [2.75, 3.05) is 10.8 Å². The smallest absolute Gasteiger partial charge is 0.352 e. The van der Waals surface area contributed by atoms with Crippen LogP contribution < -0.4 is 9.62 Å². The van der Waals surface area contributed by atoms with Gasteiger partial charge < -0.3 is 10.2 Å². The number of hydrogen-bond donors (Lipinski definition) is 1. The van der Waals surface area contributed by atoms with Crippen molar-refractivity contribution in [2.45, 2.75) is 56.4 Å². The third kappa shape index (κ3) is 9.14. The zero-order valence-corrected chi connectivity index (χ0v) is 27.4. The van der Waals surface area contributed by atoms with Crippen LogP contribution >= 0.6 is 11.6 Å². The summed E-state index contributed by atoms with van der Waals surface area (Å²) in [6, 6.07) is 26.3. The SMILES string of the molecule is CC[C@H](C)NC(=O)[C@H](Cc1ccccc1)N(Cc1ccccc1)C(=O)CN(c1ccc(Cl)c(C(F)(F)F)c1)S(=O)(=O)c1ccccc1. The first kappa shape index (κ1) is 35.5. The number of benzene rings is 4. The minimum Gasteiger partial charge on any atom is -0.352 e. The van der Waals surface area contributed by atoms with Crippen LogP contribution in [0.5, 0.6) is 0 Å². The van der Waals surface area contributed by atoms with Crippen LogP contribution in [0.3, 0.4) is 0 Å². The minimum atomic E-state index is -4.90. The zero-order chi connectivity index (χ0) is 34.2. The summed E-state index contributed by atoms with van der Waals surface area (Å²) in [4.78, 5) is 29.3. The summed E-state index contributed by atoms with van der Waals surface area (Å²) in [7, 11) is -4.58. The Kier molecular flexibility index (Phi) is 11.7. The molecular formula is C35H35ClF3N3O4S. The fraction of sp³-hybridized carbons (Fsp3) is 0.257. The van der Waals surface area contributed by atoms with Gasteiger partial charge in [0.2, 0.25) is 11.8 Å². The lowest BCUT2D eigenvalue weighted by molar-refractivity contribution is -0.140. The molecule has 0 aliphatic heterocycles. The molecule has 4 aromatic rings. The first-order chi connectivity index (χ1) is 22.3. The molecule has 12 heteroatoms. The number of carbonyl (C=O) groups is 2. The van der Waals surface area contributed by atoms with Crippen LogP contribution in [0.15, 0.2) is 114 Å². The first-order valence-corrected chi connectivity index (χ1v) is 16.7. The van der Waals surface area contributed by atoms with Crippen molar-refractivity contribution >= 4 is 39.1 Å². The molecule has 0 aliphatic rings. The number of carbonyl (C=O) groups excluding carboxylic acids is 2. The normalized spacial score (nSPS) is 13.0. The number of alkyl halides is 3. The maximum absolute atomic E-state index is 14.4. The molecule has 0 aliphatic carbocycles. The molecule has 0 spiro atoms. The topological polar surface area (TPSA) is 86.8 Å². The lowest BCUT2D eigenvalue weighted by atomic mass is 10.0. The van der Waals surface area contributed by atoms with Crippen molar-refractivity contribution in [1.29, 1.82) is 0 Å². The van der Waals surface area contributed by atoms with E-state index in [1.165, 1.54) is 29.2 Å². The van der Waals surface area contributed by atoms with Crippen LogP contribution in [0.4, 0.5) is 18.9 Å². The van der Waals surface area contributed by atoms with Gasteiger partial charge in [0.15, 0.2) is 0 Å². The summed E-state index contributed by atoms with van der Waals surface area (Å²) in [6.07, 6.45) is -4.17. The van der Waals surface area contributed by atoms with Gasteiger partial charge in [0, 0.05) is 19.0 Å². The van der Waals surface area contributed by atoms with Gasteiger partial charge in [-0.2, -0.15) is 13.2 Å². The Balaban J connectivity index is 1.85. The van der Waals surface area contributed by atoms with Gasteiger partial charge in [0.25, 0.3) is 10.0 Å². The number of anilines is 1. The molecule has 47 heavy (non-hydrogen) atoms. The van der Waals surface area contributed by atoms with Gasteiger partial charge in [-0.3, -0.25) is 13.9 Å². The van der Waals surface area contributed by atoms with Crippen LogP contribution in [0, 0.1) is 0 Å². The Hall–Kier alpha value is -4.35. The number of sulfonamides is 1. The second-order valence-corrected chi connectivity index (χ2v) is 13.3. The van der Waals surface area contributed by atoms with Crippen LogP contribution in [0.2, 0.25) is 5.02 Å². The molecule has 4 aromatic carbocycles. The molecule has 0 fully saturated rings. The second kappa shape index (κ2) is 15.5. The van der Waals surface area contributed by atoms with Crippen molar-refractivity contribution in [2.24, 2.45) is 0 Å². The number of nitrogens with zero attached hydrogens (tertiary/aromatic N) is 2. The van der Waals surface area contributed by atoms with Crippen LogP contribution in [-0.4, -0.2) is 43.8 Å². The van der Waals surface area contributed by atoms with Gasteiger partial charge in [0.1, 0.15) is 12.6 Å². The van der Waals surface area contributed by atoms with Crippen molar-refractivity contribution in [1.82, 2.24) is 10.2 Å². The van der Waals surface area contributed by atoms with Gasteiger partial charge in [-0.1, -0.05) is 97.4 Å². The van der Waals surface area contributed by atoms with Crippen LogP contribution in [0.1, 0.15) is 37.0 Å². The van der Waals surface area contributed by atoms with E-state index in [1.54, 1.807) is 48.5 Å². The number of nitrogens with one attached hydrogen (secondary N) is 1. The Morgan fingerprint density at radius 1 is 0.851 bits per heavy atom. The Morgan fingerprint density at radius 3 is 1.96 bits per heavy atom. The molecule has 0 unspecified atom stereocenters. The van der Waals surface area contributed by atoms with Crippen molar-refractivity contribution in [3.8, 4) is 0 Å². The molecule has 4 rings (SSSR count). The average molecular weight is 686 g/mol. The highest BCUT2D eigenvalue weighted by Gasteiger charge is 2.37. The third-order valence-electron chi connectivity index (χ3n) is 7.62. The van der Waals surface area contributed by atoms with E-state index in [9.17, 15) is 31.2 Å². The second-order valence-electron chi connectivity index (χ2n) is 11.0. The highest BCUT2D eigenvalue weighted by atomic mass is 35.5. The Morgan fingerprint density at radius 2 is 1.40 bits per heavy atom. The summed E-state index contributed by atoms with van der Waals surface area (Å²) in [5, 5.41) is 2.31. The summed E-state index contributed by atoms with van der Waals surface area (Å²) < 4.78 is 70.4. The van der Waals surface area contributed by atoms with Crippen molar-refractivity contribution in [3.63, 3.8) is 0 Å². The predicted octanol–water partition coefficient (Wildman–Crippen LogP) is 7.11. The Bertz CT molecular complexity index is 1760. The minimum absolute atomic E-state index is 0.0707. The van der Waals surface area contributed by atoms with Crippen LogP contribution in [-0.2, 0) is 38.8 Å². The third-order valence-corrected chi connectivity index (χ3v) is 9.74. The molecule has 0 saturated heterocycles. The zero-order valence-electron chi connectivity index (χ0n) is 25.8. The van der Waals surface area contributed by atoms with Gasteiger partial charge >= 0.3 is 6.18 Å². The summed E-state index contributed by atoms with van der Waals surface area (Å²) in [5.41, 5.74) is -0.252. The van der Waals surface area contributed by atoms with Gasteiger partial charge in [0.05, 0.1) is 21.2 Å². The molecule has 1 N–H and O–H groups in total. The highest BCUT2D eigenvalue weighted by molar-refractivity contribution is 7.92. The van der Waals surface area contributed by atoms with E-state index >= 15 is 0 Å². The first-order valence-electron chi connectivity index (χ1n) is 14.9.